The third-order valence-electron chi connectivity index (χ3n) is 1.97. The summed E-state index contributed by atoms with van der Waals surface area (Å²) in [6.07, 6.45) is 2.51. The van der Waals surface area contributed by atoms with Gasteiger partial charge in [-0.05, 0) is 6.92 Å². The van der Waals surface area contributed by atoms with E-state index in [0.717, 1.165) is 0 Å². The van der Waals surface area contributed by atoms with E-state index in [1.165, 1.54) is 24.4 Å². The molecule has 1 saturated heterocycles. The lowest BCUT2D eigenvalue weighted by molar-refractivity contribution is -0.00970. The van der Waals surface area contributed by atoms with Crippen molar-refractivity contribution >= 4 is 5.91 Å². The van der Waals surface area contributed by atoms with Gasteiger partial charge in [0, 0.05) is 0 Å². The predicted octanol–water partition coefficient (Wildman–Crippen LogP) is 0.859. The fraction of sp³-hybridized carbons (Fsp3) is 0.500. The molecule has 0 aromatic carbocycles. The number of oxazole rings is 1. The number of hydrogen-bond acceptors (Lipinski definition) is 3. The van der Waals surface area contributed by atoms with Crippen LogP contribution in [0.5, 0.6) is 0 Å². The van der Waals surface area contributed by atoms with Crippen molar-refractivity contribution in [2.75, 3.05) is 13.1 Å². The maximum absolute atomic E-state index is 13.0. The number of carbonyl (C=O) groups is 1. The average Bonchev–Trinajstić information content (AvgIpc) is 2.50. The third kappa shape index (κ3) is 1.41. The average molecular weight is 184 g/mol. The fourth-order valence-electron chi connectivity index (χ4n) is 1.37. The van der Waals surface area contributed by atoms with Crippen LogP contribution in [0.25, 0.3) is 0 Å². The Hall–Kier alpha value is -1.39. The van der Waals surface area contributed by atoms with Crippen LogP contribution in [-0.2, 0) is 0 Å². The van der Waals surface area contributed by atoms with Crippen molar-refractivity contribution in [1.82, 2.24) is 9.88 Å². The molecule has 70 valence electrons. The minimum atomic E-state index is -1.24. The molecule has 0 saturated carbocycles. The molecule has 0 bridgehead atoms. The summed E-state index contributed by atoms with van der Waals surface area (Å²) in [5.74, 6) is -0.136. The van der Waals surface area contributed by atoms with Crippen LogP contribution >= 0.6 is 0 Å². The van der Waals surface area contributed by atoms with E-state index in [1.54, 1.807) is 0 Å². The zero-order valence-electron chi connectivity index (χ0n) is 7.16. The van der Waals surface area contributed by atoms with Crippen LogP contribution in [0.2, 0.25) is 0 Å². The lowest BCUT2D eigenvalue weighted by Crippen LogP contribution is -2.59. The fourth-order valence-corrected chi connectivity index (χ4v) is 1.37. The normalized spacial score (nSPS) is 19.7. The van der Waals surface area contributed by atoms with E-state index in [9.17, 15) is 9.18 Å². The molecule has 2 rings (SSSR count). The highest BCUT2D eigenvalue weighted by molar-refractivity contribution is 5.91. The summed E-state index contributed by atoms with van der Waals surface area (Å²) in [6, 6.07) is 0. The van der Waals surface area contributed by atoms with Crippen molar-refractivity contribution in [3.05, 3.63) is 18.4 Å². The Morgan fingerprint density at radius 1 is 1.77 bits per heavy atom. The predicted molar refractivity (Wildman–Crippen MR) is 41.9 cm³/mol. The molecule has 0 unspecified atom stereocenters. The number of aromatic nitrogens is 1. The summed E-state index contributed by atoms with van der Waals surface area (Å²) in [7, 11) is 0. The van der Waals surface area contributed by atoms with E-state index in [0.29, 0.717) is 0 Å². The van der Waals surface area contributed by atoms with Crippen LogP contribution < -0.4 is 0 Å². The molecule has 0 spiro atoms. The SMILES string of the molecule is CC1(F)CN(C(=O)c2cnco2)C1. The molecule has 0 aliphatic carbocycles. The second-order valence-corrected chi connectivity index (χ2v) is 3.44. The molecule has 1 amide bonds. The molecular weight excluding hydrogens is 175 g/mol. The summed E-state index contributed by atoms with van der Waals surface area (Å²) in [6.45, 7) is 1.73. The summed E-state index contributed by atoms with van der Waals surface area (Å²) in [5, 5.41) is 0. The molecule has 13 heavy (non-hydrogen) atoms. The van der Waals surface area contributed by atoms with Crippen LogP contribution in [0, 0.1) is 0 Å². The minimum absolute atomic E-state index is 0.131. The maximum atomic E-state index is 13.0. The number of likely N-dealkylation sites (tertiary alicyclic amines) is 1. The van der Waals surface area contributed by atoms with E-state index >= 15 is 0 Å². The molecular formula is C8H9FN2O2. The van der Waals surface area contributed by atoms with E-state index < -0.39 is 5.67 Å². The lowest BCUT2D eigenvalue weighted by Gasteiger charge is -2.41. The van der Waals surface area contributed by atoms with Gasteiger partial charge in [-0.15, -0.1) is 0 Å². The third-order valence-corrected chi connectivity index (χ3v) is 1.97. The second-order valence-electron chi connectivity index (χ2n) is 3.44. The number of carbonyl (C=O) groups excluding carboxylic acids is 1. The molecule has 0 atom stereocenters. The van der Waals surface area contributed by atoms with Gasteiger partial charge in [0.25, 0.3) is 5.91 Å². The molecule has 2 heterocycles. The summed E-state index contributed by atoms with van der Waals surface area (Å²) >= 11 is 0. The molecule has 5 heteroatoms. The Kier molecular flexibility index (Phi) is 1.61. The summed E-state index contributed by atoms with van der Waals surface area (Å²) in [5.41, 5.74) is -1.24. The number of amides is 1. The molecule has 1 aliphatic heterocycles. The standard InChI is InChI=1S/C8H9FN2O2/c1-8(9)3-11(4-8)7(12)6-2-10-5-13-6/h2,5H,3-4H2,1H3. The molecule has 0 radical (unpaired) electrons. The first-order chi connectivity index (χ1) is 6.08. The zero-order valence-corrected chi connectivity index (χ0v) is 7.16. The Morgan fingerprint density at radius 2 is 2.46 bits per heavy atom. The highest BCUT2D eigenvalue weighted by atomic mass is 19.1. The Labute approximate surface area is 74.4 Å². The van der Waals surface area contributed by atoms with E-state index in [4.69, 9.17) is 4.42 Å². The zero-order chi connectivity index (χ0) is 9.47. The van der Waals surface area contributed by atoms with Gasteiger partial charge >= 0.3 is 0 Å². The van der Waals surface area contributed by atoms with Gasteiger partial charge in [0.2, 0.25) is 5.76 Å². The quantitative estimate of drug-likeness (QED) is 0.650. The Morgan fingerprint density at radius 3 is 2.92 bits per heavy atom. The van der Waals surface area contributed by atoms with Crippen LogP contribution in [0.4, 0.5) is 4.39 Å². The first kappa shape index (κ1) is 8.22. The van der Waals surface area contributed by atoms with Crippen molar-refractivity contribution < 1.29 is 13.6 Å². The smallest absolute Gasteiger partial charge is 0.291 e. The second kappa shape index (κ2) is 2.55. The van der Waals surface area contributed by atoms with E-state index in [2.05, 4.69) is 4.98 Å². The van der Waals surface area contributed by atoms with Gasteiger partial charge in [-0.2, -0.15) is 0 Å². The van der Waals surface area contributed by atoms with Crippen molar-refractivity contribution in [1.29, 1.82) is 0 Å². The first-order valence-corrected chi connectivity index (χ1v) is 3.95. The van der Waals surface area contributed by atoms with Crippen LogP contribution in [0.15, 0.2) is 17.0 Å². The number of hydrogen-bond donors (Lipinski definition) is 0. The van der Waals surface area contributed by atoms with Gasteiger partial charge in [0.1, 0.15) is 5.67 Å². The molecule has 1 aromatic rings. The van der Waals surface area contributed by atoms with E-state index in [1.807, 2.05) is 0 Å². The first-order valence-electron chi connectivity index (χ1n) is 3.95. The van der Waals surface area contributed by atoms with E-state index in [-0.39, 0.29) is 24.8 Å². The van der Waals surface area contributed by atoms with Crippen molar-refractivity contribution in [2.45, 2.75) is 12.6 Å². The highest BCUT2D eigenvalue weighted by Gasteiger charge is 2.42. The molecule has 4 nitrogen and oxygen atoms in total. The molecule has 1 fully saturated rings. The largest absolute Gasteiger partial charge is 0.438 e. The Balaban J connectivity index is 2.02. The molecule has 0 N–H and O–H groups in total. The highest BCUT2D eigenvalue weighted by Crippen LogP contribution is 2.25. The van der Waals surface area contributed by atoms with Gasteiger partial charge in [-0.3, -0.25) is 4.79 Å². The summed E-state index contributed by atoms with van der Waals surface area (Å²) in [4.78, 5) is 16.4. The number of alkyl halides is 1. The minimum Gasteiger partial charge on any atom is -0.438 e. The monoisotopic (exact) mass is 184 g/mol. The topological polar surface area (TPSA) is 46.3 Å². The number of rotatable bonds is 1. The van der Waals surface area contributed by atoms with Crippen LogP contribution in [-0.4, -0.2) is 34.5 Å². The summed E-state index contributed by atoms with van der Waals surface area (Å²) < 4.78 is 17.8. The lowest BCUT2D eigenvalue weighted by atomic mass is 9.99. The van der Waals surface area contributed by atoms with Crippen molar-refractivity contribution in [3.8, 4) is 0 Å². The number of nitrogens with zero attached hydrogens (tertiary/aromatic N) is 2. The van der Waals surface area contributed by atoms with Gasteiger partial charge in [0.15, 0.2) is 6.39 Å². The van der Waals surface area contributed by atoms with Gasteiger partial charge in [-0.25, -0.2) is 9.37 Å². The van der Waals surface area contributed by atoms with Crippen LogP contribution in [0.1, 0.15) is 17.5 Å². The van der Waals surface area contributed by atoms with Gasteiger partial charge < -0.3 is 9.32 Å². The molecule has 1 aromatic heterocycles. The van der Waals surface area contributed by atoms with Crippen molar-refractivity contribution in [2.24, 2.45) is 0 Å². The Bertz CT molecular complexity index is 313. The van der Waals surface area contributed by atoms with Crippen LogP contribution in [0.3, 0.4) is 0 Å². The van der Waals surface area contributed by atoms with Gasteiger partial charge in [0.05, 0.1) is 19.3 Å². The molecule has 1 aliphatic rings. The van der Waals surface area contributed by atoms with Gasteiger partial charge in [-0.1, -0.05) is 0 Å². The van der Waals surface area contributed by atoms with Crippen molar-refractivity contribution in [3.63, 3.8) is 0 Å². The number of halogens is 1. The maximum Gasteiger partial charge on any atom is 0.291 e.